The predicted octanol–water partition coefficient (Wildman–Crippen LogP) is 5.89. The molecule has 0 unspecified atom stereocenters. The van der Waals surface area contributed by atoms with Crippen molar-refractivity contribution in [2.75, 3.05) is 13.1 Å². The van der Waals surface area contributed by atoms with Gasteiger partial charge in [0.15, 0.2) is 0 Å². The Morgan fingerprint density at radius 2 is 1.53 bits per heavy atom. The van der Waals surface area contributed by atoms with Crippen molar-refractivity contribution in [2.45, 2.75) is 25.8 Å². The minimum Gasteiger partial charge on any atom is -0.457 e. The van der Waals surface area contributed by atoms with E-state index in [1.54, 1.807) is 13.1 Å². The van der Waals surface area contributed by atoms with E-state index in [-0.39, 0.29) is 5.56 Å². The number of piperidine rings is 1. The van der Waals surface area contributed by atoms with Gasteiger partial charge in [0.05, 0.1) is 0 Å². The van der Waals surface area contributed by atoms with Crippen LogP contribution in [0.5, 0.6) is 11.5 Å². The monoisotopic (exact) mass is 451 g/mol. The Balaban J connectivity index is 1.51. The summed E-state index contributed by atoms with van der Waals surface area (Å²) in [6, 6.07) is 27.7. The first kappa shape index (κ1) is 22.1. The predicted molar refractivity (Wildman–Crippen MR) is 136 cm³/mol. The molecule has 0 atom stereocenters. The van der Waals surface area contributed by atoms with Crippen molar-refractivity contribution in [3.63, 3.8) is 0 Å². The lowest BCUT2D eigenvalue weighted by atomic mass is 9.98. The molecule has 1 aliphatic rings. The third-order valence-electron chi connectivity index (χ3n) is 6.32. The van der Waals surface area contributed by atoms with Gasteiger partial charge in [-0.3, -0.25) is 9.69 Å². The van der Waals surface area contributed by atoms with Gasteiger partial charge in [-0.15, -0.1) is 0 Å². The zero-order chi connectivity index (χ0) is 23.3. The summed E-state index contributed by atoms with van der Waals surface area (Å²) in [6.45, 7) is 3.31. The number of ether oxygens (including phenoxy) is 1. The van der Waals surface area contributed by atoms with Gasteiger partial charge in [0.25, 0.3) is 5.56 Å². The highest BCUT2D eigenvalue weighted by molar-refractivity contribution is 5.83. The van der Waals surface area contributed by atoms with Crippen LogP contribution in [0, 0.1) is 0 Å². The van der Waals surface area contributed by atoms with Gasteiger partial charge in [-0.05, 0) is 61.3 Å². The van der Waals surface area contributed by atoms with Crippen molar-refractivity contribution < 1.29 is 4.74 Å². The molecule has 5 nitrogen and oxygen atoms in total. The fourth-order valence-electron chi connectivity index (χ4n) is 4.49. The Hall–Kier alpha value is -3.70. The Labute approximate surface area is 200 Å². The smallest absolute Gasteiger partial charge is 0.267 e. The Bertz CT molecular complexity index is 1310. The van der Waals surface area contributed by atoms with Crippen LogP contribution in [0.15, 0.2) is 89.7 Å². The van der Waals surface area contributed by atoms with Gasteiger partial charge in [0.2, 0.25) is 0 Å². The lowest BCUT2D eigenvalue weighted by Gasteiger charge is -2.26. The molecule has 1 aromatic heterocycles. The third kappa shape index (κ3) is 4.95. The number of nitrogens with zero attached hydrogens (tertiary/aromatic N) is 3. The van der Waals surface area contributed by atoms with E-state index in [2.05, 4.69) is 34.3 Å². The average Bonchev–Trinajstić information content (AvgIpc) is 2.88. The molecule has 1 aliphatic heterocycles. The van der Waals surface area contributed by atoms with Crippen LogP contribution in [-0.2, 0) is 13.6 Å². The molecular weight excluding hydrogens is 422 g/mol. The molecule has 0 bridgehead atoms. The second kappa shape index (κ2) is 10.1. The van der Waals surface area contributed by atoms with Crippen LogP contribution in [0.3, 0.4) is 0 Å². The summed E-state index contributed by atoms with van der Waals surface area (Å²) in [6.07, 6.45) is 3.90. The van der Waals surface area contributed by atoms with Gasteiger partial charge in [-0.2, -0.15) is 5.10 Å². The van der Waals surface area contributed by atoms with Gasteiger partial charge < -0.3 is 4.74 Å². The molecule has 172 valence electrons. The number of hydrogen-bond acceptors (Lipinski definition) is 4. The normalized spacial score (nSPS) is 14.1. The first-order valence-corrected chi connectivity index (χ1v) is 11.9. The second-order valence-electron chi connectivity index (χ2n) is 8.81. The van der Waals surface area contributed by atoms with Crippen molar-refractivity contribution in [2.24, 2.45) is 7.05 Å². The van der Waals surface area contributed by atoms with Crippen molar-refractivity contribution in [3.05, 3.63) is 101 Å². The maximum Gasteiger partial charge on any atom is 0.267 e. The van der Waals surface area contributed by atoms with Crippen LogP contribution in [0.4, 0.5) is 0 Å². The zero-order valence-electron chi connectivity index (χ0n) is 19.5. The highest BCUT2D eigenvalue weighted by Gasteiger charge is 2.17. The topological polar surface area (TPSA) is 47.4 Å². The number of rotatable bonds is 6. The molecule has 1 saturated heterocycles. The van der Waals surface area contributed by atoms with Gasteiger partial charge in [0, 0.05) is 30.8 Å². The summed E-state index contributed by atoms with van der Waals surface area (Å²) in [4.78, 5) is 15.1. The fraction of sp³-hybridized carbons (Fsp3) is 0.241. The molecule has 5 heteroatoms. The summed E-state index contributed by atoms with van der Waals surface area (Å²) in [5, 5.41) is 4.65. The van der Waals surface area contributed by atoms with Crippen molar-refractivity contribution in [1.29, 1.82) is 0 Å². The lowest BCUT2D eigenvalue weighted by Crippen LogP contribution is -2.29. The molecule has 0 spiro atoms. The van der Waals surface area contributed by atoms with Gasteiger partial charge >= 0.3 is 0 Å². The van der Waals surface area contributed by atoms with Gasteiger partial charge in [0.1, 0.15) is 17.2 Å². The summed E-state index contributed by atoms with van der Waals surface area (Å²) in [5.74, 6) is 1.45. The van der Waals surface area contributed by atoms with Gasteiger partial charge in [-0.25, -0.2) is 4.68 Å². The summed E-state index contributed by atoms with van der Waals surface area (Å²) in [7, 11) is 1.68. The average molecular weight is 452 g/mol. The molecule has 4 aromatic rings. The number of aromatic nitrogens is 2. The number of para-hydroxylation sites is 2. The number of benzene rings is 3. The van der Waals surface area contributed by atoms with Crippen LogP contribution >= 0.6 is 0 Å². The highest BCUT2D eigenvalue weighted by atomic mass is 16.5. The molecule has 0 aliphatic carbocycles. The maximum absolute atomic E-state index is 12.6. The van der Waals surface area contributed by atoms with Crippen molar-refractivity contribution in [3.8, 4) is 33.9 Å². The van der Waals surface area contributed by atoms with Gasteiger partial charge in [-0.1, -0.05) is 61.0 Å². The summed E-state index contributed by atoms with van der Waals surface area (Å²) < 4.78 is 7.57. The lowest BCUT2D eigenvalue weighted by molar-refractivity contribution is 0.221. The Kier molecular flexibility index (Phi) is 6.54. The third-order valence-corrected chi connectivity index (χ3v) is 6.32. The minimum absolute atomic E-state index is 0.141. The van der Waals surface area contributed by atoms with Crippen LogP contribution in [0.1, 0.15) is 24.8 Å². The van der Waals surface area contributed by atoms with E-state index in [9.17, 15) is 4.79 Å². The standard InChI is InChI=1S/C29H29N3O2/c1-31-28(33)20-26(23-16-14-22(15-17-23)21-32-18-8-3-9-19-32)29(30-31)25-12-6-7-13-27(25)34-24-10-4-2-5-11-24/h2,4-7,10-17,20H,3,8-9,18-19,21H2,1H3. The van der Waals surface area contributed by atoms with Crippen molar-refractivity contribution in [1.82, 2.24) is 14.7 Å². The quantitative estimate of drug-likeness (QED) is 0.367. The van der Waals surface area contributed by atoms with Crippen LogP contribution in [0.2, 0.25) is 0 Å². The SMILES string of the molecule is Cn1nc(-c2ccccc2Oc2ccccc2)c(-c2ccc(CN3CCCCC3)cc2)cc1=O. The minimum atomic E-state index is -0.141. The molecule has 0 amide bonds. The van der Waals surface area contributed by atoms with E-state index in [1.807, 2.05) is 54.6 Å². The molecule has 2 heterocycles. The first-order chi connectivity index (χ1) is 16.7. The molecule has 0 radical (unpaired) electrons. The number of likely N-dealkylation sites (tertiary alicyclic amines) is 1. The molecule has 1 fully saturated rings. The molecule has 0 saturated carbocycles. The van der Waals surface area contributed by atoms with Crippen LogP contribution in [-0.4, -0.2) is 27.8 Å². The fourth-order valence-corrected chi connectivity index (χ4v) is 4.49. The van der Waals surface area contributed by atoms with Crippen LogP contribution < -0.4 is 10.3 Å². The zero-order valence-corrected chi connectivity index (χ0v) is 19.5. The van der Waals surface area contributed by atoms with E-state index in [0.29, 0.717) is 5.75 Å². The molecule has 3 aromatic carbocycles. The molecule has 0 N–H and O–H groups in total. The summed E-state index contributed by atoms with van der Waals surface area (Å²) in [5.41, 5.74) is 4.48. The van der Waals surface area contributed by atoms with E-state index < -0.39 is 0 Å². The number of aryl methyl sites for hydroxylation is 1. The van der Waals surface area contributed by atoms with E-state index in [4.69, 9.17) is 4.74 Å². The molecule has 34 heavy (non-hydrogen) atoms. The van der Waals surface area contributed by atoms with Crippen molar-refractivity contribution >= 4 is 0 Å². The Morgan fingerprint density at radius 1 is 0.824 bits per heavy atom. The van der Waals surface area contributed by atoms with E-state index in [0.717, 1.165) is 34.7 Å². The number of hydrogen-bond donors (Lipinski definition) is 0. The maximum atomic E-state index is 12.6. The summed E-state index contributed by atoms with van der Waals surface area (Å²) >= 11 is 0. The first-order valence-electron chi connectivity index (χ1n) is 11.9. The van der Waals surface area contributed by atoms with E-state index in [1.165, 1.54) is 42.6 Å². The second-order valence-corrected chi connectivity index (χ2v) is 8.81. The molecule has 5 rings (SSSR count). The Morgan fingerprint density at radius 3 is 2.29 bits per heavy atom. The van der Waals surface area contributed by atoms with E-state index >= 15 is 0 Å². The highest BCUT2D eigenvalue weighted by Crippen LogP contribution is 2.37. The molecular formula is C29H29N3O2. The largest absolute Gasteiger partial charge is 0.457 e. The van der Waals surface area contributed by atoms with Crippen LogP contribution in [0.25, 0.3) is 22.4 Å².